The lowest BCUT2D eigenvalue weighted by atomic mass is 9.92. The van der Waals surface area contributed by atoms with Crippen LogP contribution in [-0.2, 0) is 9.53 Å². The minimum atomic E-state index is -0.403. The summed E-state index contributed by atoms with van der Waals surface area (Å²) in [6.07, 6.45) is 0.772. The third kappa shape index (κ3) is 6.34. The normalized spacial score (nSPS) is 10.9. The Kier molecular flexibility index (Phi) is 8.25. The van der Waals surface area contributed by atoms with E-state index in [4.69, 9.17) is 9.47 Å². The van der Waals surface area contributed by atoms with Crippen molar-refractivity contribution in [3.63, 3.8) is 0 Å². The fourth-order valence-electron chi connectivity index (χ4n) is 2.98. The second kappa shape index (κ2) is 10.6. The van der Waals surface area contributed by atoms with Gasteiger partial charge in [0, 0.05) is 11.3 Å². The number of carbonyl (C=O) groups excluding carboxylic acids is 2. The van der Waals surface area contributed by atoms with Gasteiger partial charge in [-0.15, -0.1) is 0 Å². The zero-order valence-electron chi connectivity index (χ0n) is 18.0. The molecule has 0 radical (unpaired) electrons. The third-order valence-electron chi connectivity index (χ3n) is 4.55. The van der Waals surface area contributed by atoms with Crippen LogP contribution in [0, 0.1) is 0 Å². The maximum atomic E-state index is 12.8. The Bertz CT molecular complexity index is 799. The average molecular weight is 398 g/mol. The molecular formula is C24H31NO4. The maximum absolute atomic E-state index is 12.8. The monoisotopic (exact) mass is 397 g/mol. The number of ether oxygens (including phenoxy) is 2. The molecule has 156 valence electrons. The molecule has 0 atom stereocenters. The molecule has 2 aromatic carbocycles. The molecule has 0 fully saturated rings. The van der Waals surface area contributed by atoms with Crippen LogP contribution in [0.25, 0.3) is 0 Å². The van der Waals surface area contributed by atoms with Crippen LogP contribution in [0.1, 0.15) is 74.4 Å². The summed E-state index contributed by atoms with van der Waals surface area (Å²) in [5.41, 5.74) is 3.66. The summed E-state index contributed by atoms with van der Waals surface area (Å²) in [6, 6.07) is 12.9. The van der Waals surface area contributed by atoms with Crippen LogP contribution in [0.15, 0.2) is 42.5 Å². The lowest BCUT2D eigenvalue weighted by Gasteiger charge is -2.20. The molecule has 5 heteroatoms. The Balaban J connectivity index is 2.09. The van der Waals surface area contributed by atoms with E-state index in [1.165, 1.54) is 0 Å². The molecule has 0 aliphatic carbocycles. The Morgan fingerprint density at radius 2 is 1.52 bits per heavy atom. The van der Waals surface area contributed by atoms with E-state index in [0.29, 0.717) is 29.8 Å². The van der Waals surface area contributed by atoms with Crippen molar-refractivity contribution in [2.75, 3.05) is 18.5 Å². The van der Waals surface area contributed by atoms with E-state index in [2.05, 4.69) is 45.1 Å². The molecule has 0 saturated carbocycles. The molecule has 0 saturated heterocycles. The number of hydrogen-bond acceptors (Lipinski definition) is 4. The topological polar surface area (TPSA) is 64.6 Å². The minimum absolute atomic E-state index is 0.148. The van der Waals surface area contributed by atoms with Crippen LogP contribution in [0.3, 0.4) is 0 Å². The number of benzene rings is 2. The minimum Gasteiger partial charge on any atom is -0.482 e. The Morgan fingerprint density at radius 3 is 2.03 bits per heavy atom. The lowest BCUT2D eigenvalue weighted by molar-refractivity contribution is -0.146. The second-order valence-corrected chi connectivity index (χ2v) is 7.61. The van der Waals surface area contributed by atoms with Gasteiger partial charge in [-0.05, 0) is 53.6 Å². The molecule has 5 nitrogen and oxygen atoms in total. The van der Waals surface area contributed by atoms with Crippen LogP contribution in [0.5, 0.6) is 5.75 Å². The highest BCUT2D eigenvalue weighted by atomic mass is 16.6. The lowest BCUT2D eigenvalue weighted by Crippen LogP contribution is -2.16. The van der Waals surface area contributed by atoms with Crippen LogP contribution in [0.2, 0.25) is 0 Å². The van der Waals surface area contributed by atoms with Crippen molar-refractivity contribution in [2.45, 2.75) is 52.9 Å². The first kappa shape index (κ1) is 22.5. The van der Waals surface area contributed by atoms with Gasteiger partial charge in [-0.3, -0.25) is 4.79 Å². The molecule has 1 N–H and O–H groups in total. The van der Waals surface area contributed by atoms with E-state index >= 15 is 0 Å². The SMILES string of the molecule is CCCOC(=O)COc1ccc(C(=O)Nc2c(C(C)C)cccc2C(C)C)cc1. The Hall–Kier alpha value is -2.82. The summed E-state index contributed by atoms with van der Waals surface area (Å²) < 4.78 is 10.4. The first-order chi connectivity index (χ1) is 13.8. The number of amides is 1. The molecule has 2 rings (SSSR count). The molecule has 0 spiro atoms. The van der Waals surface area contributed by atoms with Crippen LogP contribution in [-0.4, -0.2) is 25.1 Å². The van der Waals surface area contributed by atoms with Gasteiger partial charge in [-0.25, -0.2) is 4.79 Å². The van der Waals surface area contributed by atoms with Crippen molar-refractivity contribution in [1.29, 1.82) is 0 Å². The van der Waals surface area contributed by atoms with E-state index in [-0.39, 0.29) is 12.5 Å². The summed E-state index contributed by atoms with van der Waals surface area (Å²) in [6.45, 7) is 10.6. The molecule has 0 bridgehead atoms. The van der Waals surface area contributed by atoms with Gasteiger partial charge < -0.3 is 14.8 Å². The number of anilines is 1. The smallest absolute Gasteiger partial charge is 0.344 e. The van der Waals surface area contributed by atoms with Gasteiger partial charge in [0.25, 0.3) is 5.91 Å². The van der Waals surface area contributed by atoms with E-state index in [1.54, 1.807) is 24.3 Å². The first-order valence-corrected chi connectivity index (χ1v) is 10.2. The highest BCUT2D eigenvalue weighted by molar-refractivity contribution is 6.05. The fraction of sp³-hybridized carbons (Fsp3) is 0.417. The van der Waals surface area contributed by atoms with Crippen molar-refractivity contribution in [2.24, 2.45) is 0 Å². The number of para-hydroxylation sites is 1. The van der Waals surface area contributed by atoms with Crippen molar-refractivity contribution in [3.8, 4) is 5.75 Å². The third-order valence-corrected chi connectivity index (χ3v) is 4.55. The highest BCUT2D eigenvalue weighted by Gasteiger charge is 2.17. The van der Waals surface area contributed by atoms with E-state index in [0.717, 1.165) is 23.2 Å². The molecule has 0 unspecified atom stereocenters. The zero-order chi connectivity index (χ0) is 21.4. The Labute approximate surface area is 173 Å². The molecule has 0 aliphatic heterocycles. The van der Waals surface area contributed by atoms with Crippen LogP contribution in [0.4, 0.5) is 5.69 Å². The van der Waals surface area contributed by atoms with Crippen molar-refractivity contribution >= 4 is 17.6 Å². The molecule has 0 heterocycles. The summed E-state index contributed by atoms with van der Waals surface area (Å²) in [4.78, 5) is 24.3. The van der Waals surface area contributed by atoms with Gasteiger partial charge >= 0.3 is 5.97 Å². The van der Waals surface area contributed by atoms with Gasteiger partial charge in [-0.2, -0.15) is 0 Å². The number of hydrogen-bond donors (Lipinski definition) is 1. The van der Waals surface area contributed by atoms with Gasteiger partial charge in [0.05, 0.1) is 6.61 Å². The largest absolute Gasteiger partial charge is 0.482 e. The molecule has 1 amide bonds. The summed E-state index contributed by atoms with van der Waals surface area (Å²) in [7, 11) is 0. The van der Waals surface area contributed by atoms with Gasteiger partial charge in [0.15, 0.2) is 6.61 Å². The van der Waals surface area contributed by atoms with Gasteiger partial charge in [0.2, 0.25) is 0 Å². The van der Waals surface area contributed by atoms with Crippen molar-refractivity contribution in [1.82, 2.24) is 0 Å². The summed E-state index contributed by atoms with van der Waals surface area (Å²) in [5.74, 6) is 0.536. The highest BCUT2D eigenvalue weighted by Crippen LogP contribution is 2.32. The standard InChI is InChI=1S/C24H31NO4/c1-6-14-28-22(26)15-29-19-12-10-18(11-13-19)24(27)25-23-20(16(2)3)8-7-9-21(23)17(4)5/h7-13,16-17H,6,14-15H2,1-5H3,(H,25,27). The average Bonchev–Trinajstić information content (AvgIpc) is 2.70. The number of rotatable bonds is 9. The number of carbonyl (C=O) groups is 2. The van der Waals surface area contributed by atoms with Crippen molar-refractivity contribution in [3.05, 3.63) is 59.2 Å². The van der Waals surface area contributed by atoms with Gasteiger partial charge in [0.1, 0.15) is 5.75 Å². The second-order valence-electron chi connectivity index (χ2n) is 7.61. The maximum Gasteiger partial charge on any atom is 0.344 e. The summed E-state index contributed by atoms with van der Waals surface area (Å²) in [5, 5.41) is 3.10. The Morgan fingerprint density at radius 1 is 0.931 bits per heavy atom. The van der Waals surface area contributed by atoms with Gasteiger partial charge in [-0.1, -0.05) is 52.8 Å². The molecular weight excluding hydrogens is 366 g/mol. The van der Waals surface area contributed by atoms with Crippen molar-refractivity contribution < 1.29 is 19.1 Å². The predicted molar refractivity (Wildman–Crippen MR) is 116 cm³/mol. The number of nitrogens with one attached hydrogen (secondary N) is 1. The van der Waals surface area contributed by atoms with E-state index in [9.17, 15) is 9.59 Å². The first-order valence-electron chi connectivity index (χ1n) is 10.2. The summed E-state index contributed by atoms with van der Waals surface area (Å²) >= 11 is 0. The quantitative estimate of drug-likeness (QED) is 0.566. The zero-order valence-corrected chi connectivity index (χ0v) is 18.0. The van der Waals surface area contributed by atoms with Crippen LogP contribution >= 0.6 is 0 Å². The van der Waals surface area contributed by atoms with Crippen LogP contribution < -0.4 is 10.1 Å². The molecule has 0 aromatic heterocycles. The van der Waals surface area contributed by atoms with E-state index < -0.39 is 5.97 Å². The predicted octanol–water partition coefficient (Wildman–Crippen LogP) is 5.52. The molecule has 0 aliphatic rings. The molecule has 2 aromatic rings. The number of esters is 1. The fourth-order valence-corrected chi connectivity index (χ4v) is 2.98. The molecule has 29 heavy (non-hydrogen) atoms. The van der Waals surface area contributed by atoms with E-state index in [1.807, 2.05) is 13.0 Å².